The molecular weight excluding hydrogens is 198 g/mol. The molecule has 1 aliphatic rings. The average Bonchev–Trinajstić information content (AvgIpc) is 2.70. The maximum Gasteiger partial charge on any atom is 0.0850 e. The number of hydrogen-bond donors (Lipinski definition) is 0. The zero-order valence-corrected chi connectivity index (χ0v) is 9.70. The normalized spacial score (nSPS) is 22.8. The predicted octanol–water partition coefficient (Wildman–Crippen LogP) is 2.82. The van der Waals surface area contributed by atoms with Crippen LogP contribution in [0.2, 0.25) is 0 Å². The van der Waals surface area contributed by atoms with E-state index in [0.29, 0.717) is 6.61 Å². The van der Waals surface area contributed by atoms with Gasteiger partial charge >= 0.3 is 0 Å². The Morgan fingerprint density at radius 3 is 3.00 bits per heavy atom. The molecule has 1 atom stereocenters. The molecule has 1 aliphatic carbocycles. The zero-order chi connectivity index (χ0) is 11.4. The smallest absolute Gasteiger partial charge is 0.0850 e. The average molecular weight is 215 g/mol. The summed E-state index contributed by atoms with van der Waals surface area (Å²) in [6, 6.07) is 10.8. The molecule has 1 aromatic carbocycles. The Labute approximate surface area is 96.9 Å². The molecule has 0 spiro atoms. The third kappa shape index (κ3) is 1.83. The number of nitriles is 1. The molecule has 0 N–H and O–H groups in total. The first-order valence-corrected chi connectivity index (χ1v) is 5.90. The lowest BCUT2D eigenvalue weighted by Crippen LogP contribution is -2.22. The fourth-order valence-electron chi connectivity index (χ4n) is 2.51. The molecule has 2 heteroatoms. The van der Waals surface area contributed by atoms with Crippen molar-refractivity contribution in [2.24, 2.45) is 0 Å². The molecule has 0 bridgehead atoms. The lowest BCUT2D eigenvalue weighted by atomic mass is 9.80. The van der Waals surface area contributed by atoms with Crippen LogP contribution in [0.25, 0.3) is 0 Å². The second kappa shape index (κ2) is 4.67. The fourth-order valence-corrected chi connectivity index (χ4v) is 2.51. The van der Waals surface area contributed by atoms with Crippen molar-refractivity contribution in [2.45, 2.75) is 31.6 Å². The predicted molar refractivity (Wildman–Crippen MR) is 63.2 cm³/mol. The van der Waals surface area contributed by atoms with Crippen LogP contribution in [0.4, 0.5) is 0 Å². The van der Waals surface area contributed by atoms with Crippen LogP contribution in [0, 0.1) is 11.3 Å². The summed E-state index contributed by atoms with van der Waals surface area (Å²) >= 11 is 0. The minimum atomic E-state index is -0.300. The highest BCUT2D eigenvalue weighted by Gasteiger charge is 2.38. The van der Waals surface area contributed by atoms with Crippen LogP contribution >= 0.6 is 0 Å². The van der Waals surface area contributed by atoms with Crippen LogP contribution < -0.4 is 0 Å². The summed E-state index contributed by atoms with van der Waals surface area (Å²) in [4.78, 5) is 0. The number of nitrogens with zero attached hydrogens (tertiary/aromatic N) is 1. The molecule has 2 nitrogen and oxygen atoms in total. The van der Waals surface area contributed by atoms with Crippen molar-refractivity contribution in [3.05, 3.63) is 35.4 Å². The van der Waals surface area contributed by atoms with Gasteiger partial charge in [-0.25, -0.2) is 0 Å². The molecule has 0 saturated heterocycles. The monoisotopic (exact) mass is 215 g/mol. The minimum Gasteiger partial charge on any atom is -0.382 e. The molecule has 0 fully saturated rings. The third-order valence-electron chi connectivity index (χ3n) is 3.45. The number of aryl methyl sites for hydroxylation is 1. The Hall–Kier alpha value is -1.33. The van der Waals surface area contributed by atoms with Crippen molar-refractivity contribution in [3.63, 3.8) is 0 Å². The molecule has 0 heterocycles. The summed E-state index contributed by atoms with van der Waals surface area (Å²) in [5, 5.41) is 9.46. The van der Waals surface area contributed by atoms with Crippen molar-refractivity contribution < 1.29 is 4.74 Å². The van der Waals surface area contributed by atoms with Gasteiger partial charge in [0.1, 0.15) is 0 Å². The molecule has 0 amide bonds. The van der Waals surface area contributed by atoms with E-state index in [0.717, 1.165) is 25.9 Å². The van der Waals surface area contributed by atoms with E-state index in [9.17, 15) is 5.26 Å². The van der Waals surface area contributed by atoms with Gasteiger partial charge in [0.25, 0.3) is 0 Å². The largest absolute Gasteiger partial charge is 0.382 e. The summed E-state index contributed by atoms with van der Waals surface area (Å²) in [5.41, 5.74) is 2.25. The van der Waals surface area contributed by atoms with E-state index >= 15 is 0 Å². The zero-order valence-electron chi connectivity index (χ0n) is 9.70. The van der Waals surface area contributed by atoms with E-state index in [1.54, 1.807) is 0 Å². The first-order valence-electron chi connectivity index (χ1n) is 5.90. The summed E-state index contributed by atoms with van der Waals surface area (Å²) in [7, 11) is 0. The van der Waals surface area contributed by atoms with Crippen LogP contribution in [0.3, 0.4) is 0 Å². The molecule has 0 radical (unpaired) electrons. The number of ether oxygens (including phenoxy) is 1. The molecule has 0 aliphatic heterocycles. The van der Waals surface area contributed by atoms with Gasteiger partial charge in [-0.15, -0.1) is 0 Å². The van der Waals surface area contributed by atoms with Crippen LogP contribution in [0.5, 0.6) is 0 Å². The van der Waals surface area contributed by atoms with Crippen LogP contribution in [-0.2, 0) is 16.6 Å². The van der Waals surface area contributed by atoms with Crippen molar-refractivity contribution >= 4 is 0 Å². The van der Waals surface area contributed by atoms with Gasteiger partial charge in [0.2, 0.25) is 0 Å². The third-order valence-corrected chi connectivity index (χ3v) is 3.45. The number of rotatable bonds is 4. The Balaban J connectivity index is 2.21. The summed E-state index contributed by atoms with van der Waals surface area (Å²) in [5.74, 6) is 0. The number of fused-ring (bicyclic) bond motifs is 1. The first kappa shape index (κ1) is 11.2. The van der Waals surface area contributed by atoms with Crippen LogP contribution in [0.1, 0.15) is 30.9 Å². The number of benzene rings is 1. The molecule has 1 unspecified atom stereocenters. The standard InChI is InChI=1S/C14H17NO/c1-2-16-10-9-14(11-15)8-7-12-5-3-4-6-13(12)14/h3-6H,2,7-10H2,1H3. The van der Waals surface area contributed by atoms with Gasteiger partial charge in [-0.1, -0.05) is 24.3 Å². The van der Waals surface area contributed by atoms with E-state index in [2.05, 4.69) is 24.3 Å². The maximum absolute atomic E-state index is 9.46. The van der Waals surface area contributed by atoms with E-state index in [1.165, 1.54) is 11.1 Å². The molecular formula is C14H17NO. The van der Waals surface area contributed by atoms with E-state index in [4.69, 9.17) is 4.74 Å². The Kier molecular flexibility index (Phi) is 3.26. The van der Waals surface area contributed by atoms with Crippen molar-refractivity contribution in [3.8, 4) is 6.07 Å². The lowest BCUT2D eigenvalue weighted by Gasteiger charge is -2.21. The van der Waals surface area contributed by atoms with Gasteiger partial charge in [-0.2, -0.15) is 5.26 Å². The first-order chi connectivity index (χ1) is 7.82. The highest BCUT2D eigenvalue weighted by Crippen LogP contribution is 2.40. The highest BCUT2D eigenvalue weighted by molar-refractivity contribution is 5.43. The van der Waals surface area contributed by atoms with Crippen molar-refractivity contribution in [2.75, 3.05) is 13.2 Å². The quantitative estimate of drug-likeness (QED) is 0.723. The van der Waals surface area contributed by atoms with Gasteiger partial charge in [0, 0.05) is 13.2 Å². The second-order valence-corrected chi connectivity index (χ2v) is 4.30. The maximum atomic E-state index is 9.46. The summed E-state index contributed by atoms with van der Waals surface area (Å²) in [6.45, 7) is 3.39. The highest BCUT2D eigenvalue weighted by atomic mass is 16.5. The molecule has 0 aromatic heterocycles. The second-order valence-electron chi connectivity index (χ2n) is 4.30. The topological polar surface area (TPSA) is 33.0 Å². The summed E-state index contributed by atoms with van der Waals surface area (Å²) in [6.07, 6.45) is 2.78. The van der Waals surface area contributed by atoms with Crippen LogP contribution in [-0.4, -0.2) is 13.2 Å². The molecule has 0 saturated carbocycles. The van der Waals surface area contributed by atoms with Crippen LogP contribution in [0.15, 0.2) is 24.3 Å². The van der Waals surface area contributed by atoms with Gasteiger partial charge in [-0.05, 0) is 37.3 Å². The van der Waals surface area contributed by atoms with Crippen molar-refractivity contribution in [1.82, 2.24) is 0 Å². The SMILES string of the molecule is CCOCCC1(C#N)CCc2ccccc21. The molecule has 84 valence electrons. The van der Waals surface area contributed by atoms with Crippen molar-refractivity contribution in [1.29, 1.82) is 5.26 Å². The Morgan fingerprint density at radius 1 is 1.44 bits per heavy atom. The Bertz CT molecular complexity index is 407. The lowest BCUT2D eigenvalue weighted by molar-refractivity contribution is 0.132. The van der Waals surface area contributed by atoms with E-state index < -0.39 is 0 Å². The fraction of sp³-hybridized carbons (Fsp3) is 0.500. The van der Waals surface area contributed by atoms with Gasteiger partial charge in [-0.3, -0.25) is 0 Å². The Morgan fingerprint density at radius 2 is 2.25 bits per heavy atom. The molecule has 2 rings (SSSR count). The van der Waals surface area contributed by atoms with E-state index in [1.807, 2.05) is 13.0 Å². The summed E-state index contributed by atoms with van der Waals surface area (Å²) < 4.78 is 5.39. The van der Waals surface area contributed by atoms with E-state index in [-0.39, 0.29) is 5.41 Å². The molecule has 16 heavy (non-hydrogen) atoms. The molecule has 1 aromatic rings. The number of hydrogen-bond acceptors (Lipinski definition) is 2. The van der Waals surface area contributed by atoms with Gasteiger partial charge < -0.3 is 4.74 Å². The van der Waals surface area contributed by atoms with Gasteiger partial charge in [0.05, 0.1) is 11.5 Å². The minimum absolute atomic E-state index is 0.300. The van der Waals surface area contributed by atoms with Gasteiger partial charge in [0.15, 0.2) is 0 Å².